The molecule has 7 heteroatoms. The number of anilines is 1. The number of sulfonamides is 1. The van der Waals surface area contributed by atoms with Crippen LogP contribution in [0, 0.1) is 5.92 Å². The highest BCUT2D eigenvalue weighted by Crippen LogP contribution is 2.26. The van der Waals surface area contributed by atoms with Crippen molar-refractivity contribution in [2.24, 2.45) is 5.92 Å². The molecule has 0 saturated carbocycles. The number of nitrogens with zero attached hydrogens (tertiary/aromatic N) is 2. The second-order valence-corrected chi connectivity index (χ2v) is 9.41. The summed E-state index contributed by atoms with van der Waals surface area (Å²) in [5, 5.41) is 0. The molecule has 0 aliphatic carbocycles. The quantitative estimate of drug-likeness (QED) is 0.634. The summed E-state index contributed by atoms with van der Waals surface area (Å²) in [5.41, 5.74) is 2.82. The van der Waals surface area contributed by atoms with Crippen LogP contribution < -0.4 is 9.62 Å². The Hall–Kier alpha value is -2.38. The topological polar surface area (TPSA) is 75.4 Å². The van der Waals surface area contributed by atoms with Crippen LogP contribution in [-0.2, 0) is 16.4 Å². The van der Waals surface area contributed by atoms with Crippen molar-refractivity contribution in [1.29, 1.82) is 0 Å². The zero-order chi connectivity index (χ0) is 20.3. The number of piperidine rings is 1. The number of fused-ring (bicyclic) bond motifs is 1. The van der Waals surface area contributed by atoms with Crippen molar-refractivity contribution in [3.63, 3.8) is 0 Å². The van der Waals surface area contributed by atoms with Gasteiger partial charge in [-0.2, -0.15) is 4.98 Å². The molecule has 4 rings (SSSR count). The molecule has 1 aliphatic rings. The van der Waals surface area contributed by atoms with Gasteiger partial charge in [0.05, 0.1) is 4.90 Å². The first-order valence-electron chi connectivity index (χ1n) is 10.2. The summed E-state index contributed by atoms with van der Waals surface area (Å²) in [4.78, 5) is 7.03. The van der Waals surface area contributed by atoms with Crippen LogP contribution in [0.1, 0.15) is 31.7 Å². The molecule has 1 saturated heterocycles. The van der Waals surface area contributed by atoms with Gasteiger partial charge in [0.25, 0.3) is 6.01 Å². The third kappa shape index (κ3) is 4.62. The van der Waals surface area contributed by atoms with Gasteiger partial charge in [-0.05, 0) is 55.0 Å². The van der Waals surface area contributed by atoms with E-state index in [0.29, 0.717) is 23.4 Å². The van der Waals surface area contributed by atoms with Gasteiger partial charge in [0.2, 0.25) is 10.0 Å². The third-order valence-electron chi connectivity index (χ3n) is 5.50. The summed E-state index contributed by atoms with van der Waals surface area (Å²) >= 11 is 0. The Bertz CT molecular complexity index is 1020. The minimum Gasteiger partial charge on any atom is -0.423 e. The number of aromatic nitrogens is 1. The summed E-state index contributed by atoms with van der Waals surface area (Å²) in [6.45, 7) is 4.19. The Balaban J connectivity index is 1.31. The highest BCUT2D eigenvalue weighted by molar-refractivity contribution is 7.89. The number of nitrogens with one attached hydrogen (secondary N) is 1. The lowest BCUT2D eigenvalue weighted by atomic mass is 9.97. The number of oxazole rings is 1. The maximum absolute atomic E-state index is 12.6. The van der Waals surface area contributed by atoms with E-state index in [1.807, 2.05) is 36.4 Å². The fraction of sp³-hybridized carbons (Fsp3) is 0.409. The lowest BCUT2D eigenvalue weighted by Gasteiger charge is -2.30. The van der Waals surface area contributed by atoms with Crippen molar-refractivity contribution in [3.8, 4) is 0 Å². The summed E-state index contributed by atoms with van der Waals surface area (Å²) in [6.07, 6.45) is 3.81. The Morgan fingerprint density at radius 1 is 1.10 bits per heavy atom. The first kappa shape index (κ1) is 19.9. The largest absolute Gasteiger partial charge is 0.423 e. The van der Waals surface area contributed by atoms with Crippen molar-refractivity contribution in [3.05, 3.63) is 54.1 Å². The minimum atomic E-state index is -3.47. The Morgan fingerprint density at radius 2 is 1.83 bits per heavy atom. The number of hydrogen-bond donors (Lipinski definition) is 1. The molecule has 29 heavy (non-hydrogen) atoms. The first-order valence-corrected chi connectivity index (χ1v) is 11.7. The molecule has 154 valence electrons. The molecule has 1 N–H and O–H groups in total. The molecule has 0 radical (unpaired) electrons. The lowest BCUT2D eigenvalue weighted by molar-refractivity contribution is 0.387. The number of hydrogen-bond acceptors (Lipinski definition) is 5. The van der Waals surface area contributed by atoms with Gasteiger partial charge < -0.3 is 9.32 Å². The molecule has 1 aliphatic heterocycles. The molecule has 1 fully saturated rings. The van der Waals surface area contributed by atoms with Gasteiger partial charge in [-0.15, -0.1) is 0 Å². The molecule has 0 spiro atoms. The first-order chi connectivity index (χ1) is 14.0. The summed E-state index contributed by atoms with van der Waals surface area (Å²) in [5.74, 6) is 0.310. The van der Waals surface area contributed by atoms with Gasteiger partial charge in [-0.25, -0.2) is 13.1 Å². The van der Waals surface area contributed by atoms with Crippen molar-refractivity contribution >= 4 is 27.1 Å². The molecular weight excluding hydrogens is 386 g/mol. The maximum Gasteiger partial charge on any atom is 0.298 e. The number of rotatable bonds is 7. The zero-order valence-corrected chi connectivity index (χ0v) is 17.5. The smallest absolute Gasteiger partial charge is 0.298 e. The highest BCUT2D eigenvalue weighted by atomic mass is 32.2. The highest BCUT2D eigenvalue weighted by Gasteiger charge is 2.24. The van der Waals surface area contributed by atoms with Gasteiger partial charge in [-0.1, -0.05) is 37.6 Å². The van der Waals surface area contributed by atoms with E-state index in [1.54, 1.807) is 12.1 Å². The average molecular weight is 414 g/mol. The summed E-state index contributed by atoms with van der Waals surface area (Å²) in [6, 6.07) is 15.6. The van der Waals surface area contributed by atoms with Crippen molar-refractivity contribution in [1.82, 2.24) is 9.71 Å². The SMILES string of the molecule is CCCc1ccc(S(=O)(=O)NCC2CCN(c3nc4ccccc4o3)CC2)cc1. The van der Waals surface area contributed by atoms with Gasteiger partial charge in [0.15, 0.2) is 5.58 Å². The molecule has 1 aromatic heterocycles. The lowest BCUT2D eigenvalue weighted by Crippen LogP contribution is -2.38. The number of aryl methyl sites for hydroxylation is 1. The second-order valence-electron chi connectivity index (χ2n) is 7.64. The van der Waals surface area contributed by atoms with E-state index in [2.05, 4.69) is 21.5 Å². The van der Waals surface area contributed by atoms with E-state index in [1.165, 1.54) is 0 Å². The van der Waals surface area contributed by atoms with Gasteiger partial charge in [-0.3, -0.25) is 0 Å². The van der Waals surface area contributed by atoms with Gasteiger partial charge in [0, 0.05) is 19.6 Å². The predicted molar refractivity (Wildman–Crippen MR) is 115 cm³/mol. The summed E-state index contributed by atoms with van der Waals surface area (Å²) in [7, 11) is -3.47. The number of para-hydroxylation sites is 2. The van der Waals surface area contributed by atoms with Crippen molar-refractivity contribution in [2.45, 2.75) is 37.5 Å². The van der Waals surface area contributed by atoms with E-state index in [9.17, 15) is 8.42 Å². The predicted octanol–water partition coefficient (Wildman–Crippen LogP) is 3.98. The molecule has 6 nitrogen and oxygen atoms in total. The standard InChI is InChI=1S/C22H27N3O3S/c1-2-5-17-8-10-19(11-9-17)29(26,27)23-16-18-12-14-25(15-13-18)22-24-20-6-3-4-7-21(20)28-22/h3-4,6-11,18,23H,2,5,12-16H2,1H3. The van der Waals surface area contributed by atoms with E-state index < -0.39 is 10.0 Å². The zero-order valence-electron chi connectivity index (χ0n) is 16.7. The molecule has 0 amide bonds. The van der Waals surface area contributed by atoms with Crippen LogP contribution in [0.2, 0.25) is 0 Å². The van der Waals surface area contributed by atoms with Crippen LogP contribution in [0.15, 0.2) is 57.8 Å². The van der Waals surface area contributed by atoms with Crippen LogP contribution >= 0.6 is 0 Å². The molecule has 0 atom stereocenters. The van der Waals surface area contributed by atoms with Gasteiger partial charge >= 0.3 is 0 Å². The van der Waals surface area contributed by atoms with Crippen LogP contribution in [-0.4, -0.2) is 33.0 Å². The van der Waals surface area contributed by atoms with E-state index in [-0.39, 0.29) is 0 Å². The monoisotopic (exact) mass is 413 g/mol. The maximum atomic E-state index is 12.6. The Kier molecular flexibility index (Phi) is 5.87. The van der Waals surface area contributed by atoms with Gasteiger partial charge in [0.1, 0.15) is 5.52 Å². The Labute approximate surface area is 172 Å². The molecule has 0 bridgehead atoms. The van der Waals surface area contributed by atoms with Crippen LogP contribution in [0.5, 0.6) is 0 Å². The fourth-order valence-corrected chi connectivity index (χ4v) is 4.87. The second kappa shape index (κ2) is 8.55. The van der Waals surface area contributed by atoms with E-state index in [0.717, 1.165) is 55.4 Å². The van der Waals surface area contributed by atoms with Crippen molar-refractivity contribution < 1.29 is 12.8 Å². The molecular formula is C22H27N3O3S. The van der Waals surface area contributed by atoms with Crippen LogP contribution in [0.3, 0.4) is 0 Å². The fourth-order valence-electron chi connectivity index (χ4n) is 3.76. The summed E-state index contributed by atoms with van der Waals surface area (Å²) < 4.78 is 33.8. The third-order valence-corrected chi connectivity index (χ3v) is 6.94. The molecule has 0 unspecified atom stereocenters. The number of benzene rings is 2. The Morgan fingerprint density at radius 3 is 2.52 bits per heavy atom. The molecule has 2 aromatic carbocycles. The molecule has 3 aromatic rings. The van der Waals surface area contributed by atoms with E-state index in [4.69, 9.17) is 4.42 Å². The van der Waals surface area contributed by atoms with Crippen LogP contribution in [0.25, 0.3) is 11.1 Å². The minimum absolute atomic E-state index is 0.310. The molecule has 2 heterocycles. The van der Waals surface area contributed by atoms with Crippen LogP contribution in [0.4, 0.5) is 6.01 Å². The normalized spacial score (nSPS) is 15.8. The van der Waals surface area contributed by atoms with Crippen molar-refractivity contribution in [2.75, 3.05) is 24.5 Å². The average Bonchev–Trinajstić information content (AvgIpc) is 3.18. The van der Waals surface area contributed by atoms with E-state index >= 15 is 0 Å².